The molecule has 2 aliphatic heterocycles. The Bertz CT molecular complexity index is 1920. The number of hydrogen-bond donors (Lipinski definition) is 2. The summed E-state index contributed by atoms with van der Waals surface area (Å²) >= 11 is 6.38. The number of alkyl halides is 3. The molecule has 10 rings (SSSR count). The van der Waals surface area contributed by atoms with Crippen molar-refractivity contribution in [2.45, 2.75) is 89.5 Å². The number of fused-ring (bicyclic) bond motifs is 2. The van der Waals surface area contributed by atoms with E-state index < -0.39 is 39.7 Å². The predicted molar refractivity (Wildman–Crippen MR) is 192 cm³/mol. The zero-order chi connectivity index (χ0) is 36.5. The van der Waals surface area contributed by atoms with Gasteiger partial charge in [0.05, 0.1) is 28.8 Å². The number of nitrogens with zero attached hydrogens (tertiary/aromatic N) is 3. The molecular formula is C41H47ClF3N3O4. The van der Waals surface area contributed by atoms with Crippen LogP contribution in [0.3, 0.4) is 0 Å². The molecule has 0 amide bonds. The van der Waals surface area contributed by atoms with E-state index in [0.717, 1.165) is 82.8 Å². The van der Waals surface area contributed by atoms with Crippen LogP contribution in [0.15, 0.2) is 63.5 Å². The quantitative estimate of drug-likeness (QED) is 0.238. The highest BCUT2D eigenvalue weighted by molar-refractivity contribution is 6.33. The Kier molecular flexibility index (Phi) is 7.65. The molecule has 8 aliphatic rings. The predicted octanol–water partition coefficient (Wildman–Crippen LogP) is 8.16. The topological polar surface area (TPSA) is 89.5 Å². The first-order chi connectivity index (χ1) is 24.6. The maximum atomic E-state index is 15.0. The molecule has 3 heterocycles. The van der Waals surface area contributed by atoms with Crippen LogP contribution in [0.25, 0.3) is 11.3 Å². The molecule has 11 heteroatoms. The SMILES string of the molecule is CC12CCC(O)CC13C=CC1(C(C(=O)c4ccc(-c5cc(C(F)(F)F)ccc5Cl)o4)=C3)C2CCC2(C)C1CCC2(O)CN1CCCN2CCCN=C21. The molecule has 4 fully saturated rings. The monoisotopic (exact) mass is 737 g/mol. The van der Waals surface area contributed by atoms with E-state index in [0.29, 0.717) is 31.4 Å². The van der Waals surface area contributed by atoms with Gasteiger partial charge in [0.1, 0.15) is 5.76 Å². The largest absolute Gasteiger partial charge is 0.453 e. The third kappa shape index (κ3) is 4.65. The van der Waals surface area contributed by atoms with Gasteiger partial charge in [0.15, 0.2) is 11.7 Å². The van der Waals surface area contributed by atoms with Crippen LogP contribution in [-0.4, -0.2) is 76.2 Å². The van der Waals surface area contributed by atoms with Crippen molar-refractivity contribution >= 4 is 23.3 Å². The highest BCUT2D eigenvalue weighted by Gasteiger charge is 2.74. The van der Waals surface area contributed by atoms with Gasteiger partial charge in [-0.3, -0.25) is 9.79 Å². The number of β-amino-alcohol motifs (C(OH)–C–C–N with tert-alkyl or cyclic N) is 1. The minimum absolute atomic E-state index is 0.0429. The molecule has 0 radical (unpaired) electrons. The van der Waals surface area contributed by atoms with E-state index in [2.05, 4.69) is 41.9 Å². The number of carbonyl (C=O) groups is 1. The van der Waals surface area contributed by atoms with Crippen molar-refractivity contribution in [2.24, 2.45) is 38.5 Å². The minimum Gasteiger partial charge on any atom is -0.453 e. The summed E-state index contributed by atoms with van der Waals surface area (Å²) in [5, 5.41) is 24.0. The van der Waals surface area contributed by atoms with Crippen LogP contribution in [0.2, 0.25) is 5.02 Å². The van der Waals surface area contributed by atoms with Gasteiger partial charge in [-0.05, 0) is 105 Å². The van der Waals surface area contributed by atoms with E-state index in [9.17, 15) is 23.4 Å². The molecule has 3 saturated carbocycles. The van der Waals surface area contributed by atoms with Crippen LogP contribution < -0.4 is 0 Å². The Balaban J connectivity index is 1.12. The number of Topliss-reactive ketones (excluding diaryl/α,β-unsaturated/α-hetero) is 1. The van der Waals surface area contributed by atoms with Gasteiger partial charge >= 0.3 is 6.18 Å². The first-order valence-electron chi connectivity index (χ1n) is 19.0. The standard InChI is InChI=1S/C41H47ClF3N3O4/c1-36-12-9-26(49)22-38(36)15-16-40(28(23-38)34(50)31-8-7-30(52-31)27-21-25(41(43,44)45)5-6-29(27)42)32(36)10-13-37(2)33(40)11-14-39(37,51)24-48-20-4-19-47-18-3-17-46-35(47)48/h5-8,15-16,21,23,26,32-33,49,51H,3-4,9-14,17-20,22,24H2,1-2H3. The summed E-state index contributed by atoms with van der Waals surface area (Å²) in [7, 11) is 0. The summed E-state index contributed by atoms with van der Waals surface area (Å²) in [6, 6.07) is 6.14. The van der Waals surface area contributed by atoms with Crippen LogP contribution in [0.4, 0.5) is 13.2 Å². The first-order valence-corrected chi connectivity index (χ1v) is 19.4. The van der Waals surface area contributed by atoms with Crippen LogP contribution in [-0.2, 0) is 6.18 Å². The van der Waals surface area contributed by atoms with Gasteiger partial charge in [-0.1, -0.05) is 43.7 Å². The van der Waals surface area contributed by atoms with E-state index in [-0.39, 0.29) is 45.1 Å². The number of carbonyl (C=O) groups excluding carboxylic acids is 1. The fourth-order valence-corrected chi connectivity index (χ4v) is 12.6. The Morgan fingerprint density at radius 3 is 2.56 bits per heavy atom. The van der Waals surface area contributed by atoms with Gasteiger partial charge in [-0.25, -0.2) is 0 Å². The number of allylic oxidation sites excluding steroid dienone is 4. The fraction of sp³-hybridized carbons (Fsp3) is 0.610. The summed E-state index contributed by atoms with van der Waals surface area (Å²) < 4.78 is 47.1. The molecule has 8 atom stereocenters. The number of halogens is 4. The van der Waals surface area contributed by atoms with E-state index in [4.69, 9.17) is 21.0 Å². The number of benzene rings is 1. The Morgan fingerprint density at radius 1 is 1.00 bits per heavy atom. The average molecular weight is 738 g/mol. The van der Waals surface area contributed by atoms with Crippen LogP contribution in [0.5, 0.6) is 0 Å². The normalized spacial score (nSPS) is 39.3. The third-order valence-electron chi connectivity index (χ3n) is 15.1. The first kappa shape index (κ1) is 34.7. The lowest BCUT2D eigenvalue weighted by molar-refractivity contribution is -0.174. The minimum atomic E-state index is -4.57. The molecule has 2 bridgehead atoms. The van der Waals surface area contributed by atoms with Crippen molar-refractivity contribution < 1.29 is 32.6 Å². The summed E-state index contributed by atoms with van der Waals surface area (Å²) in [5.41, 5.74) is -3.08. The molecule has 1 aromatic heterocycles. The van der Waals surface area contributed by atoms with Crippen molar-refractivity contribution in [3.05, 3.63) is 70.5 Å². The van der Waals surface area contributed by atoms with Crippen LogP contribution >= 0.6 is 11.6 Å². The second-order valence-electron chi connectivity index (χ2n) is 17.3. The molecule has 1 aromatic carbocycles. The van der Waals surface area contributed by atoms with Crippen molar-refractivity contribution in [2.75, 3.05) is 32.7 Å². The molecular weight excluding hydrogens is 691 g/mol. The molecule has 8 unspecified atom stereocenters. The van der Waals surface area contributed by atoms with Gasteiger partial charge < -0.3 is 24.4 Å². The molecule has 1 saturated heterocycles. The van der Waals surface area contributed by atoms with Gasteiger partial charge in [0, 0.05) is 53.6 Å². The van der Waals surface area contributed by atoms with Gasteiger partial charge in [0.25, 0.3) is 0 Å². The lowest BCUT2D eigenvalue weighted by atomic mass is 9.32. The molecule has 52 heavy (non-hydrogen) atoms. The second kappa shape index (κ2) is 11.5. The van der Waals surface area contributed by atoms with E-state index in [1.54, 1.807) is 6.07 Å². The van der Waals surface area contributed by atoms with Crippen molar-refractivity contribution in [1.82, 2.24) is 9.80 Å². The summed E-state index contributed by atoms with van der Waals surface area (Å²) in [5.74, 6) is 0.895. The van der Waals surface area contributed by atoms with Crippen LogP contribution in [0.1, 0.15) is 87.8 Å². The smallest absolute Gasteiger partial charge is 0.416 e. The number of hydrogen-bond acceptors (Lipinski definition) is 7. The zero-order valence-corrected chi connectivity index (χ0v) is 30.6. The van der Waals surface area contributed by atoms with Crippen molar-refractivity contribution in [3.8, 4) is 11.3 Å². The number of aliphatic imine (C=N–C) groups is 1. The molecule has 2 spiro atoms. The van der Waals surface area contributed by atoms with E-state index in [1.165, 1.54) is 12.1 Å². The molecule has 6 aliphatic carbocycles. The summed E-state index contributed by atoms with van der Waals surface area (Å²) in [4.78, 5) is 24.6. The number of aliphatic hydroxyl groups is 2. The zero-order valence-electron chi connectivity index (χ0n) is 29.8. The number of guanidine groups is 1. The number of rotatable bonds is 5. The van der Waals surface area contributed by atoms with E-state index in [1.807, 2.05) is 0 Å². The highest BCUT2D eigenvalue weighted by atomic mass is 35.5. The van der Waals surface area contributed by atoms with Gasteiger partial charge in [0.2, 0.25) is 5.78 Å². The number of ketones is 1. The maximum Gasteiger partial charge on any atom is 0.416 e. The highest BCUT2D eigenvalue weighted by Crippen LogP contribution is 2.78. The Hall–Kier alpha value is -3.08. The van der Waals surface area contributed by atoms with Crippen molar-refractivity contribution in [1.29, 1.82) is 0 Å². The average Bonchev–Trinajstić information content (AvgIpc) is 3.70. The maximum absolute atomic E-state index is 15.0. The van der Waals surface area contributed by atoms with Gasteiger partial charge in [-0.15, -0.1) is 0 Å². The third-order valence-corrected chi connectivity index (χ3v) is 15.4. The fourth-order valence-electron chi connectivity index (χ4n) is 12.4. The molecule has 7 nitrogen and oxygen atoms in total. The molecule has 278 valence electrons. The Morgan fingerprint density at radius 2 is 1.75 bits per heavy atom. The number of furan rings is 1. The van der Waals surface area contributed by atoms with Crippen LogP contribution in [0, 0.1) is 33.5 Å². The summed E-state index contributed by atoms with van der Waals surface area (Å²) in [6.07, 6.45) is 8.72. The Labute approximate surface area is 307 Å². The lowest BCUT2D eigenvalue weighted by Crippen LogP contribution is -2.68. The second-order valence-corrected chi connectivity index (χ2v) is 17.7. The lowest BCUT2D eigenvalue weighted by Gasteiger charge is -2.71. The molecule has 2 N–H and O–H groups in total. The number of aliphatic hydroxyl groups excluding tert-OH is 1. The van der Waals surface area contributed by atoms with Crippen molar-refractivity contribution in [3.63, 3.8) is 0 Å². The van der Waals surface area contributed by atoms with E-state index >= 15 is 4.79 Å². The summed E-state index contributed by atoms with van der Waals surface area (Å²) in [6.45, 7) is 8.71. The molecule has 2 aromatic rings. The van der Waals surface area contributed by atoms with Gasteiger partial charge in [-0.2, -0.15) is 13.2 Å².